The third-order valence-corrected chi connectivity index (χ3v) is 1.92. The van der Waals surface area contributed by atoms with E-state index >= 15 is 0 Å². The zero-order chi connectivity index (χ0) is 10.6. The van der Waals surface area contributed by atoms with Gasteiger partial charge in [0.1, 0.15) is 5.02 Å². The largest absolute Gasteiger partial charge is 0.476 e. The highest BCUT2D eigenvalue weighted by Gasteiger charge is 2.04. The summed E-state index contributed by atoms with van der Waals surface area (Å²) >= 11 is 5.81. The third kappa shape index (κ3) is 3.38. The normalized spacial score (nSPS) is 10.6. The van der Waals surface area contributed by atoms with Gasteiger partial charge >= 0.3 is 0 Å². The molecule has 1 aromatic heterocycles. The second-order valence-corrected chi connectivity index (χ2v) is 3.82. The van der Waals surface area contributed by atoms with Crippen LogP contribution in [-0.4, -0.2) is 16.6 Å². The molecule has 0 aliphatic rings. The fraction of sp³-hybridized carbons (Fsp3) is 0.556. The Morgan fingerprint density at radius 1 is 1.57 bits per heavy atom. The lowest BCUT2D eigenvalue weighted by Crippen LogP contribution is -2.05. The monoisotopic (exact) mass is 215 g/mol. The van der Waals surface area contributed by atoms with Gasteiger partial charge < -0.3 is 10.5 Å². The van der Waals surface area contributed by atoms with Crippen molar-refractivity contribution in [1.29, 1.82) is 0 Å². The Kier molecular flexibility index (Phi) is 3.95. The molecular formula is C9H14ClN3O. The minimum absolute atomic E-state index is 0.175. The van der Waals surface area contributed by atoms with Crippen molar-refractivity contribution >= 4 is 17.5 Å². The van der Waals surface area contributed by atoms with Gasteiger partial charge in [0.25, 0.3) is 0 Å². The Labute approximate surface area is 88.5 Å². The van der Waals surface area contributed by atoms with Crippen LogP contribution in [0.2, 0.25) is 5.02 Å². The Morgan fingerprint density at radius 2 is 2.29 bits per heavy atom. The summed E-state index contributed by atoms with van der Waals surface area (Å²) in [4.78, 5) is 7.62. The highest BCUT2D eigenvalue weighted by Crippen LogP contribution is 2.21. The maximum absolute atomic E-state index is 5.81. The van der Waals surface area contributed by atoms with Gasteiger partial charge in [-0.3, -0.25) is 0 Å². The topological polar surface area (TPSA) is 61.0 Å². The smallest absolute Gasteiger partial charge is 0.237 e. The lowest BCUT2D eigenvalue weighted by molar-refractivity contribution is 0.279. The van der Waals surface area contributed by atoms with Crippen molar-refractivity contribution in [2.75, 3.05) is 12.3 Å². The van der Waals surface area contributed by atoms with Crippen molar-refractivity contribution < 1.29 is 4.74 Å². The molecule has 0 radical (unpaired) electrons. The van der Waals surface area contributed by atoms with Gasteiger partial charge in [0.05, 0.1) is 12.8 Å². The highest BCUT2D eigenvalue weighted by molar-refractivity contribution is 6.31. The molecule has 1 aromatic rings. The summed E-state index contributed by atoms with van der Waals surface area (Å²) < 4.78 is 5.37. The van der Waals surface area contributed by atoms with Crippen LogP contribution in [-0.2, 0) is 0 Å². The number of hydrogen-bond acceptors (Lipinski definition) is 4. The Hall–Kier alpha value is -1.03. The van der Waals surface area contributed by atoms with E-state index in [0.717, 1.165) is 6.42 Å². The molecule has 2 N–H and O–H groups in total. The third-order valence-electron chi connectivity index (χ3n) is 1.66. The van der Waals surface area contributed by atoms with Gasteiger partial charge in [-0.2, -0.15) is 4.98 Å². The van der Waals surface area contributed by atoms with E-state index in [4.69, 9.17) is 22.1 Å². The summed E-state index contributed by atoms with van der Waals surface area (Å²) in [5.74, 6) is 1.13. The predicted octanol–water partition coefficient (Wildman–Crippen LogP) is 2.14. The average Bonchev–Trinajstić information content (AvgIpc) is 2.10. The van der Waals surface area contributed by atoms with Crippen LogP contribution in [0.25, 0.3) is 0 Å². The average molecular weight is 216 g/mol. The summed E-state index contributed by atoms with van der Waals surface area (Å²) in [6, 6.07) is 0. The Morgan fingerprint density at radius 3 is 2.93 bits per heavy atom. The first-order valence-corrected chi connectivity index (χ1v) is 4.88. The maximum atomic E-state index is 5.81. The van der Waals surface area contributed by atoms with E-state index in [1.54, 1.807) is 0 Å². The lowest BCUT2D eigenvalue weighted by atomic mass is 10.1. The molecule has 1 rings (SSSR count). The maximum Gasteiger partial charge on any atom is 0.237 e. The molecule has 14 heavy (non-hydrogen) atoms. The van der Waals surface area contributed by atoms with E-state index in [2.05, 4.69) is 23.8 Å². The van der Waals surface area contributed by atoms with Crippen molar-refractivity contribution in [3.63, 3.8) is 0 Å². The minimum Gasteiger partial charge on any atom is -0.476 e. The number of ether oxygens (including phenoxy) is 1. The molecule has 0 bridgehead atoms. The molecule has 0 saturated carbocycles. The van der Waals surface area contributed by atoms with E-state index in [1.165, 1.54) is 6.20 Å². The standard InChI is InChI=1S/C9H14ClN3O/c1-6(2)3-4-14-8-7(10)5-12-9(11)13-8/h5-6H,3-4H2,1-2H3,(H2,11,12,13). The fourth-order valence-electron chi connectivity index (χ4n) is 0.857. The molecule has 0 atom stereocenters. The predicted molar refractivity (Wildman–Crippen MR) is 56.4 cm³/mol. The lowest BCUT2D eigenvalue weighted by Gasteiger charge is -2.08. The molecule has 78 valence electrons. The molecule has 0 aliphatic carbocycles. The molecule has 1 heterocycles. The van der Waals surface area contributed by atoms with Crippen LogP contribution in [0, 0.1) is 5.92 Å². The van der Waals surface area contributed by atoms with Crippen molar-refractivity contribution in [3.05, 3.63) is 11.2 Å². The van der Waals surface area contributed by atoms with Gasteiger partial charge in [-0.1, -0.05) is 25.4 Å². The number of nitrogens with two attached hydrogens (primary N) is 1. The van der Waals surface area contributed by atoms with E-state index < -0.39 is 0 Å². The summed E-state index contributed by atoms with van der Waals surface area (Å²) in [7, 11) is 0. The zero-order valence-electron chi connectivity index (χ0n) is 8.33. The van der Waals surface area contributed by atoms with E-state index in [1.807, 2.05) is 0 Å². The first kappa shape index (κ1) is 11.0. The molecule has 0 unspecified atom stereocenters. The number of rotatable bonds is 4. The summed E-state index contributed by atoms with van der Waals surface area (Å²) in [5, 5.41) is 0.392. The van der Waals surface area contributed by atoms with Crippen LogP contribution in [0.5, 0.6) is 5.88 Å². The van der Waals surface area contributed by atoms with Crippen LogP contribution >= 0.6 is 11.6 Å². The molecule has 0 aromatic carbocycles. The first-order valence-electron chi connectivity index (χ1n) is 4.50. The Balaban J connectivity index is 2.53. The molecule has 0 spiro atoms. The van der Waals surface area contributed by atoms with Crippen LogP contribution in [0.15, 0.2) is 6.20 Å². The first-order chi connectivity index (χ1) is 6.59. The summed E-state index contributed by atoms with van der Waals surface area (Å²) in [5.41, 5.74) is 5.40. The SMILES string of the molecule is CC(C)CCOc1nc(N)ncc1Cl. The van der Waals surface area contributed by atoms with Gasteiger partial charge in [0, 0.05) is 0 Å². The highest BCUT2D eigenvalue weighted by atomic mass is 35.5. The number of aromatic nitrogens is 2. The van der Waals surface area contributed by atoms with Crippen LogP contribution in [0.1, 0.15) is 20.3 Å². The quantitative estimate of drug-likeness (QED) is 0.836. The van der Waals surface area contributed by atoms with Gasteiger partial charge in [0.15, 0.2) is 0 Å². The van der Waals surface area contributed by atoms with Crippen molar-refractivity contribution in [1.82, 2.24) is 9.97 Å². The molecule has 0 saturated heterocycles. The molecule has 4 nitrogen and oxygen atoms in total. The Bertz CT molecular complexity index is 304. The van der Waals surface area contributed by atoms with Gasteiger partial charge in [-0.15, -0.1) is 0 Å². The van der Waals surface area contributed by atoms with Crippen LogP contribution in [0.3, 0.4) is 0 Å². The van der Waals surface area contributed by atoms with Gasteiger partial charge in [-0.25, -0.2) is 4.98 Å². The van der Waals surface area contributed by atoms with Crippen LogP contribution < -0.4 is 10.5 Å². The number of anilines is 1. The van der Waals surface area contributed by atoms with Gasteiger partial charge in [-0.05, 0) is 12.3 Å². The van der Waals surface area contributed by atoms with Crippen molar-refractivity contribution in [2.24, 2.45) is 5.92 Å². The number of hydrogen-bond donors (Lipinski definition) is 1. The van der Waals surface area contributed by atoms with Crippen LogP contribution in [0.4, 0.5) is 5.95 Å². The van der Waals surface area contributed by atoms with Gasteiger partial charge in [0.2, 0.25) is 11.8 Å². The van der Waals surface area contributed by atoms with E-state index in [9.17, 15) is 0 Å². The van der Waals surface area contributed by atoms with Crippen molar-refractivity contribution in [3.8, 4) is 5.88 Å². The number of halogens is 1. The molecule has 0 aliphatic heterocycles. The number of nitrogen functional groups attached to an aromatic ring is 1. The van der Waals surface area contributed by atoms with E-state index in [0.29, 0.717) is 23.4 Å². The molecule has 0 amide bonds. The fourth-order valence-corrected chi connectivity index (χ4v) is 1.00. The molecule has 5 heteroatoms. The summed E-state index contributed by atoms with van der Waals surface area (Å²) in [6.07, 6.45) is 2.40. The minimum atomic E-state index is 0.175. The van der Waals surface area contributed by atoms with E-state index in [-0.39, 0.29) is 5.95 Å². The second-order valence-electron chi connectivity index (χ2n) is 3.41. The zero-order valence-corrected chi connectivity index (χ0v) is 9.08. The number of nitrogens with zero attached hydrogens (tertiary/aromatic N) is 2. The molecule has 0 fully saturated rings. The van der Waals surface area contributed by atoms with Crippen molar-refractivity contribution in [2.45, 2.75) is 20.3 Å². The second kappa shape index (κ2) is 5.00. The summed E-state index contributed by atoms with van der Waals surface area (Å²) in [6.45, 7) is 4.84. The molecular weight excluding hydrogens is 202 g/mol.